The number of rotatable bonds is 4. The fourth-order valence-electron chi connectivity index (χ4n) is 2.49. The van der Waals surface area contributed by atoms with Crippen LogP contribution in [-0.2, 0) is 16.0 Å². The molecule has 1 aliphatic rings. The third-order valence-corrected chi connectivity index (χ3v) is 4.47. The van der Waals surface area contributed by atoms with E-state index in [-0.39, 0.29) is 12.0 Å². The molecule has 7 heteroatoms. The van der Waals surface area contributed by atoms with E-state index in [0.717, 1.165) is 10.6 Å². The number of hydrogen-bond donors (Lipinski definition) is 1. The maximum absolute atomic E-state index is 12.4. The number of morpholine rings is 1. The van der Waals surface area contributed by atoms with Crippen LogP contribution in [0.1, 0.15) is 16.7 Å². The third kappa shape index (κ3) is 3.26. The molecule has 0 bridgehead atoms. The van der Waals surface area contributed by atoms with Gasteiger partial charge < -0.3 is 15.0 Å². The summed E-state index contributed by atoms with van der Waals surface area (Å²) in [6.45, 7) is 1.65. The Bertz CT molecular complexity index is 632. The highest BCUT2D eigenvalue weighted by atomic mass is 32.1. The van der Waals surface area contributed by atoms with Crippen LogP contribution >= 0.6 is 11.3 Å². The predicted molar refractivity (Wildman–Crippen MR) is 84.9 cm³/mol. The number of thiophene rings is 1. The second-order valence-electron chi connectivity index (χ2n) is 5.00. The molecule has 1 amide bonds. The average molecular weight is 318 g/mol. The van der Waals surface area contributed by atoms with E-state index < -0.39 is 0 Å². The van der Waals surface area contributed by atoms with Crippen LogP contribution in [0.2, 0.25) is 0 Å². The van der Waals surface area contributed by atoms with Crippen molar-refractivity contribution >= 4 is 23.1 Å². The van der Waals surface area contributed by atoms with E-state index in [1.54, 1.807) is 30.8 Å². The molecule has 22 heavy (non-hydrogen) atoms. The molecule has 1 atom stereocenters. The van der Waals surface area contributed by atoms with Crippen LogP contribution in [0.3, 0.4) is 0 Å². The highest BCUT2D eigenvalue weighted by Crippen LogP contribution is 2.25. The number of carbonyl (C=O) groups excluding carboxylic acids is 1. The van der Waals surface area contributed by atoms with E-state index in [9.17, 15) is 4.79 Å². The topological polar surface area (TPSA) is 67.4 Å². The molecule has 1 N–H and O–H groups in total. The van der Waals surface area contributed by atoms with Crippen molar-refractivity contribution in [2.75, 3.05) is 32.1 Å². The van der Waals surface area contributed by atoms with Gasteiger partial charge in [0.1, 0.15) is 17.6 Å². The van der Waals surface area contributed by atoms with Crippen LogP contribution in [0.25, 0.3) is 0 Å². The SMILES string of the molecule is CNc1nccnc1C1CN(C(=O)Cc2cccs2)CCO1. The molecule has 3 heterocycles. The Hall–Kier alpha value is -1.99. The first-order valence-corrected chi connectivity index (χ1v) is 8.06. The maximum atomic E-state index is 12.4. The van der Waals surface area contributed by atoms with E-state index >= 15 is 0 Å². The lowest BCUT2D eigenvalue weighted by Gasteiger charge is -2.33. The smallest absolute Gasteiger partial charge is 0.228 e. The minimum atomic E-state index is -0.239. The summed E-state index contributed by atoms with van der Waals surface area (Å²) >= 11 is 1.61. The van der Waals surface area contributed by atoms with E-state index in [1.807, 2.05) is 22.4 Å². The van der Waals surface area contributed by atoms with Crippen molar-refractivity contribution in [3.05, 3.63) is 40.5 Å². The molecule has 6 nitrogen and oxygen atoms in total. The first-order chi connectivity index (χ1) is 10.8. The monoisotopic (exact) mass is 318 g/mol. The standard InChI is InChI=1S/C15H18N4O2S/c1-16-15-14(17-4-5-18-15)12-10-19(6-7-21-12)13(20)9-11-3-2-8-22-11/h2-5,8,12H,6-7,9-10H2,1H3,(H,16,18). The zero-order valence-electron chi connectivity index (χ0n) is 12.4. The van der Waals surface area contributed by atoms with E-state index in [1.165, 1.54) is 0 Å². The average Bonchev–Trinajstić information content (AvgIpc) is 3.08. The normalized spacial score (nSPS) is 18.2. The first kappa shape index (κ1) is 14.9. The fourth-order valence-corrected chi connectivity index (χ4v) is 3.19. The predicted octanol–water partition coefficient (Wildman–Crippen LogP) is 1.72. The molecule has 1 unspecified atom stereocenters. The van der Waals surface area contributed by atoms with Crippen LogP contribution in [0.15, 0.2) is 29.9 Å². The van der Waals surface area contributed by atoms with Gasteiger partial charge in [-0.1, -0.05) is 6.07 Å². The number of amides is 1. The van der Waals surface area contributed by atoms with E-state index in [4.69, 9.17) is 4.74 Å². The van der Waals surface area contributed by atoms with Crippen LogP contribution in [0.5, 0.6) is 0 Å². The highest BCUT2D eigenvalue weighted by Gasteiger charge is 2.28. The molecular formula is C15H18N4O2S. The quantitative estimate of drug-likeness (QED) is 0.930. The maximum Gasteiger partial charge on any atom is 0.228 e. The number of hydrogen-bond acceptors (Lipinski definition) is 6. The van der Waals surface area contributed by atoms with Crippen molar-refractivity contribution in [3.8, 4) is 0 Å². The Kier molecular flexibility index (Phi) is 4.65. The van der Waals surface area contributed by atoms with Gasteiger partial charge in [0.2, 0.25) is 5.91 Å². The van der Waals surface area contributed by atoms with Crippen LogP contribution < -0.4 is 5.32 Å². The van der Waals surface area contributed by atoms with Gasteiger partial charge in [0, 0.05) is 30.9 Å². The summed E-state index contributed by atoms with van der Waals surface area (Å²) in [5.41, 5.74) is 0.749. The molecule has 2 aromatic rings. The second-order valence-corrected chi connectivity index (χ2v) is 6.03. The Morgan fingerprint density at radius 1 is 1.50 bits per heavy atom. The van der Waals surface area contributed by atoms with Gasteiger partial charge in [-0.3, -0.25) is 9.78 Å². The summed E-state index contributed by atoms with van der Waals surface area (Å²) in [7, 11) is 1.80. The molecule has 2 aromatic heterocycles. The molecule has 1 aliphatic heterocycles. The molecule has 1 fully saturated rings. The minimum Gasteiger partial charge on any atom is -0.372 e. The largest absolute Gasteiger partial charge is 0.372 e. The van der Waals surface area contributed by atoms with E-state index in [2.05, 4.69) is 15.3 Å². The van der Waals surface area contributed by atoms with Crippen molar-refractivity contribution in [2.45, 2.75) is 12.5 Å². The summed E-state index contributed by atoms with van der Waals surface area (Å²) in [6, 6.07) is 3.95. The molecule has 0 saturated carbocycles. The molecule has 0 radical (unpaired) electrons. The van der Waals surface area contributed by atoms with Crippen molar-refractivity contribution in [1.82, 2.24) is 14.9 Å². The summed E-state index contributed by atoms with van der Waals surface area (Å²) in [5.74, 6) is 0.825. The van der Waals surface area contributed by atoms with E-state index in [0.29, 0.717) is 31.9 Å². The zero-order valence-corrected chi connectivity index (χ0v) is 13.2. The number of carbonyl (C=O) groups is 1. The lowest BCUT2D eigenvalue weighted by atomic mass is 10.2. The van der Waals surface area contributed by atoms with Gasteiger partial charge in [-0.25, -0.2) is 4.98 Å². The van der Waals surface area contributed by atoms with Crippen molar-refractivity contribution < 1.29 is 9.53 Å². The first-order valence-electron chi connectivity index (χ1n) is 7.18. The molecule has 0 aromatic carbocycles. The van der Waals surface area contributed by atoms with Gasteiger partial charge in [-0.2, -0.15) is 0 Å². The highest BCUT2D eigenvalue weighted by molar-refractivity contribution is 7.10. The lowest BCUT2D eigenvalue weighted by molar-refractivity contribution is -0.138. The molecule has 116 valence electrons. The van der Waals surface area contributed by atoms with Gasteiger partial charge in [0.25, 0.3) is 0 Å². The summed E-state index contributed by atoms with van der Waals surface area (Å²) in [4.78, 5) is 24.0. The lowest BCUT2D eigenvalue weighted by Crippen LogP contribution is -2.43. The third-order valence-electron chi connectivity index (χ3n) is 3.59. The number of nitrogens with one attached hydrogen (secondary N) is 1. The van der Waals surface area contributed by atoms with Gasteiger partial charge in [-0.05, 0) is 11.4 Å². The molecule has 1 saturated heterocycles. The van der Waals surface area contributed by atoms with Gasteiger partial charge in [0.15, 0.2) is 0 Å². The number of nitrogens with zero attached hydrogens (tertiary/aromatic N) is 3. The molecule has 0 spiro atoms. The Labute approximate surface area is 133 Å². The van der Waals surface area contributed by atoms with Crippen LogP contribution in [-0.4, -0.2) is 47.5 Å². The minimum absolute atomic E-state index is 0.130. The molecule has 0 aliphatic carbocycles. The molecular weight excluding hydrogens is 300 g/mol. The van der Waals surface area contributed by atoms with Gasteiger partial charge in [0.05, 0.1) is 19.6 Å². The van der Waals surface area contributed by atoms with Gasteiger partial charge >= 0.3 is 0 Å². The summed E-state index contributed by atoms with van der Waals surface area (Å²) in [5, 5.41) is 5.01. The Balaban J connectivity index is 1.70. The number of anilines is 1. The summed E-state index contributed by atoms with van der Waals surface area (Å²) in [6.07, 6.45) is 3.49. The van der Waals surface area contributed by atoms with Crippen molar-refractivity contribution in [3.63, 3.8) is 0 Å². The van der Waals surface area contributed by atoms with Gasteiger partial charge in [-0.15, -0.1) is 11.3 Å². The number of aromatic nitrogens is 2. The van der Waals surface area contributed by atoms with Crippen molar-refractivity contribution in [2.24, 2.45) is 0 Å². The Morgan fingerprint density at radius 3 is 3.14 bits per heavy atom. The Morgan fingerprint density at radius 2 is 2.36 bits per heavy atom. The zero-order chi connectivity index (χ0) is 15.4. The molecule has 3 rings (SSSR count). The number of ether oxygens (including phenoxy) is 1. The van der Waals surface area contributed by atoms with Crippen molar-refractivity contribution in [1.29, 1.82) is 0 Å². The van der Waals surface area contributed by atoms with Crippen LogP contribution in [0, 0.1) is 0 Å². The van der Waals surface area contributed by atoms with Crippen LogP contribution in [0.4, 0.5) is 5.82 Å². The second kappa shape index (κ2) is 6.85. The fraction of sp³-hybridized carbons (Fsp3) is 0.400. The summed E-state index contributed by atoms with van der Waals surface area (Å²) < 4.78 is 5.79.